The van der Waals surface area contributed by atoms with E-state index < -0.39 is 52.6 Å². The smallest absolute Gasteiger partial charge is 0.260 e. The number of imide groups is 2. The van der Waals surface area contributed by atoms with Gasteiger partial charge in [-0.05, 0) is 84.5 Å². The number of anilines is 1. The molecule has 4 amide bonds. The van der Waals surface area contributed by atoms with E-state index in [4.69, 9.17) is 16.3 Å². The van der Waals surface area contributed by atoms with Crippen molar-refractivity contribution in [1.29, 1.82) is 0 Å². The molecule has 5 aliphatic rings. The number of phenols is 1. The second kappa shape index (κ2) is 10.5. The Labute approximate surface area is 274 Å². The first-order chi connectivity index (χ1) is 22.6. The third kappa shape index (κ3) is 4.20. The fourth-order valence-electron chi connectivity index (χ4n) is 8.63. The number of hydrogen-bond donors (Lipinski definition) is 2. The fraction of sp³-hybridized carbons (Fsp3) is 0.278. The number of allylic oxidation sites excluding steroid dienone is 3. The Kier molecular flexibility index (Phi) is 6.60. The molecule has 9 nitrogen and oxygen atoms in total. The minimum Gasteiger partial charge on any atom is -0.508 e. The first kappa shape index (κ1) is 29.4. The highest BCUT2D eigenvalue weighted by Gasteiger charge is 2.70. The molecule has 3 aliphatic heterocycles. The van der Waals surface area contributed by atoms with E-state index in [1.165, 1.54) is 42.3 Å². The predicted octanol–water partition coefficient (Wildman–Crippen LogP) is 5.15. The lowest BCUT2D eigenvalue weighted by Crippen LogP contribution is -2.55. The maximum atomic E-state index is 15.1. The van der Waals surface area contributed by atoms with E-state index in [2.05, 4.69) is 5.43 Å². The molecule has 1 saturated carbocycles. The highest BCUT2D eigenvalue weighted by atomic mass is 35.5. The third-order valence-corrected chi connectivity index (χ3v) is 10.9. The van der Waals surface area contributed by atoms with Crippen LogP contribution in [0.3, 0.4) is 0 Å². The maximum absolute atomic E-state index is 15.1. The standard InChI is InChI=1S/C36H29ClFN3O6/c1-40-32(43)26-12-11-25-27(30(26)34(40)45)16-28-33(44)41(39-23-8-6-22(38)7-9-23)35(46)36(28,20-2-4-21(37)5-3-20)31(25)19-14-18-15-24(42)10-13-29(18)47-17-19/h2-11,13,15,17,26-28,30-31,39,42H,12,14,16H2,1H3. The summed E-state index contributed by atoms with van der Waals surface area (Å²) < 4.78 is 19.9. The van der Waals surface area contributed by atoms with Gasteiger partial charge in [0.05, 0.1) is 35.1 Å². The van der Waals surface area contributed by atoms with Gasteiger partial charge in [-0.3, -0.25) is 29.5 Å². The number of nitrogens with one attached hydrogen (secondary N) is 1. The summed E-state index contributed by atoms with van der Waals surface area (Å²) in [6, 6.07) is 17.0. The molecule has 0 spiro atoms. The number of nitrogens with zero attached hydrogens (tertiary/aromatic N) is 2. The van der Waals surface area contributed by atoms with Gasteiger partial charge in [-0.1, -0.05) is 35.4 Å². The van der Waals surface area contributed by atoms with E-state index in [0.29, 0.717) is 46.0 Å². The molecule has 0 bridgehead atoms. The second-order valence-electron chi connectivity index (χ2n) is 12.9. The lowest BCUT2D eigenvalue weighted by atomic mass is 9.48. The van der Waals surface area contributed by atoms with Crippen LogP contribution in [0, 0.1) is 35.4 Å². The molecule has 8 rings (SSSR count). The lowest BCUT2D eigenvalue weighted by Gasteiger charge is -2.51. The molecule has 0 radical (unpaired) electrons. The first-order valence-electron chi connectivity index (χ1n) is 15.4. The van der Waals surface area contributed by atoms with Crippen LogP contribution in [-0.2, 0) is 31.0 Å². The van der Waals surface area contributed by atoms with Gasteiger partial charge in [-0.2, -0.15) is 5.01 Å². The van der Waals surface area contributed by atoms with Gasteiger partial charge in [0.25, 0.3) is 11.8 Å². The number of ether oxygens (including phenoxy) is 1. The van der Waals surface area contributed by atoms with Gasteiger partial charge >= 0.3 is 0 Å². The summed E-state index contributed by atoms with van der Waals surface area (Å²) in [4.78, 5) is 57.7. The maximum Gasteiger partial charge on any atom is 0.260 e. The summed E-state index contributed by atoms with van der Waals surface area (Å²) in [7, 11) is 1.49. The van der Waals surface area contributed by atoms with Crippen molar-refractivity contribution in [2.75, 3.05) is 12.5 Å². The number of phenolic OH excluding ortho intramolecular Hbond substituents is 1. The highest BCUT2D eigenvalue weighted by Crippen LogP contribution is 2.63. The van der Waals surface area contributed by atoms with Crippen LogP contribution in [-0.4, -0.2) is 45.7 Å². The topological polar surface area (TPSA) is 116 Å². The second-order valence-corrected chi connectivity index (χ2v) is 13.3. The Hall–Kier alpha value is -4.96. The third-order valence-electron chi connectivity index (χ3n) is 10.6. The summed E-state index contributed by atoms with van der Waals surface area (Å²) in [6.45, 7) is 0. The minimum atomic E-state index is -1.50. The lowest BCUT2D eigenvalue weighted by molar-refractivity contribution is -0.140. The number of amides is 4. The summed E-state index contributed by atoms with van der Waals surface area (Å²) >= 11 is 6.33. The zero-order valence-corrected chi connectivity index (χ0v) is 25.9. The van der Waals surface area contributed by atoms with Gasteiger partial charge in [-0.25, -0.2) is 4.39 Å². The molecular formula is C36H29ClFN3O6. The van der Waals surface area contributed by atoms with Gasteiger partial charge in [0, 0.05) is 30.0 Å². The van der Waals surface area contributed by atoms with E-state index in [-0.39, 0.29) is 24.0 Å². The molecule has 0 aromatic heterocycles. The molecule has 47 heavy (non-hydrogen) atoms. The van der Waals surface area contributed by atoms with Crippen LogP contribution < -0.4 is 10.2 Å². The average molecular weight is 654 g/mol. The molecule has 2 aliphatic carbocycles. The molecular weight excluding hydrogens is 625 g/mol. The molecule has 238 valence electrons. The molecule has 6 atom stereocenters. The van der Waals surface area contributed by atoms with E-state index in [1.807, 2.05) is 6.08 Å². The van der Waals surface area contributed by atoms with Crippen molar-refractivity contribution in [3.8, 4) is 11.5 Å². The van der Waals surface area contributed by atoms with Gasteiger partial charge < -0.3 is 9.84 Å². The van der Waals surface area contributed by atoms with Crippen molar-refractivity contribution in [2.24, 2.45) is 29.6 Å². The summed E-state index contributed by atoms with van der Waals surface area (Å²) in [5.74, 6) is -4.86. The molecule has 6 unspecified atom stereocenters. The number of hydrogen-bond acceptors (Lipinski definition) is 7. The summed E-state index contributed by atoms with van der Waals surface area (Å²) in [6.07, 6.45) is 4.34. The van der Waals surface area contributed by atoms with E-state index >= 15 is 4.79 Å². The largest absolute Gasteiger partial charge is 0.508 e. The van der Waals surface area contributed by atoms with Crippen LogP contribution in [0.4, 0.5) is 10.1 Å². The quantitative estimate of drug-likeness (QED) is 0.296. The Morgan fingerprint density at radius 2 is 1.70 bits per heavy atom. The van der Waals surface area contributed by atoms with Crippen LogP contribution in [0.15, 0.2) is 90.2 Å². The van der Waals surface area contributed by atoms with E-state index in [9.17, 15) is 23.9 Å². The molecule has 11 heteroatoms. The number of rotatable bonds is 4. The van der Waals surface area contributed by atoms with Crippen molar-refractivity contribution >= 4 is 40.9 Å². The van der Waals surface area contributed by atoms with Gasteiger partial charge in [0.2, 0.25) is 11.8 Å². The molecule has 3 fully saturated rings. The number of hydrazine groups is 1. The monoisotopic (exact) mass is 653 g/mol. The molecule has 3 heterocycles. The van der Waals surface area contributed by atoms with Crippen molar-refractivity contribution in [2.45, 2.75) is 24.7 Å². The van der Waals surface area contributed by atoms with Crippen LogP contribution in [0.1, 0.15) is 24.0 Å². The molecule has 2 saturated heterocycles. The molecule has 3 aromatic rings. The van der Waals surface area contributed by atoms with Crippen molar-refractivity contribution in [3.05, 3.63) is 112 Å². The van der Waals surface area contributed by atoms with Crippen LogP contribution in [0.5, 0.6) is 11.5 Å². The van der Waals surface area contributed by atoms with Crippen molar-refractivity contribution < 1.29 is 33.4 Å². The van der Waals surface area contributed by atoms with Crippen LogP contribution in [0.2, 0.25) is 5.02 Å². The van der Waals surface area contributed by atoms with Crippen molar-refractivity contribution in [1.82, 2.24) is 9.91 Å². The number of aromatic hydroxyl groups is 1. The van der Waals surface area contributed by atoms with Gasteiger partial charge in [0.15, 0.2) is 0 Å². The fourth-order valence-corrected chi connectivity index (χ4v) is 8.75. The van der Waals surface area contributed by atoms with E-state index in [0.717, 1.165) is 10.6 Å². The van der Waals surface area contributed by atoms with E-state index in [1.54, 1.807) is 42.7 Å². The number of benzene rings is 3. The van der Waals surface area contributed by atoms with Crippen LogP contribution in [0.25, 0.3) is 0 Å². The highest BCUT2D eigenvalue weighted by molar-refractivity contribution is 6.30. The zero-order valence-electron chi connectivity index (χ0n) is 25.2. The minimum absolute atomic E-state index is 0.0556. The normalized spacial score (nSPS) is 29.4. The first-order valence-corrected chi connectivity index (χ1v) is 15.8. The Morgan fingerprint density at radius 1 is 0.957 bits per heavy atom. The zero-order chi connectivity index (χ0) is 32.8. The Bertz CT molecular complexity index is 1940. The predicted molar refractivity (Wildman–Crippen MR) is 168 cm³/mol. The SMILES string of the molecule is CN1C(=O)C2CC=C3C(CC4C(=O)N(Nc5ccc(F)cc5)C(=O)C4(c4ccc(Cl)cc4)C3C3=COc4ccc(O)cc4C3)C2C1=O. The number of carbonyl (C=O) groups excluding carboxylic acids is 4. The Balaban J connectivity index is 1.34. The van der Waals surface area contributed by atoms with Gasteiger partial charge in [0.1, 0.15) is 17.3 Å². The van der Waals surface area contributed by atoms with Crippen LogP contribution >= 0.6 is 11.6 Å². The summed E-state index contributed by atoms with van der Waals surface area (Å²) in [5.41, 5.74) is 4.54. The van der Waals surface area contributed by atoms with Crippen molar-refractivity contribution in [3.63, 3.8) is 0 Å². The summed E-state index contributed by atoms with van der Waals surface area (Å²) in [5, 5.41) is 11.8. The molecule has 2 N–H and O–H groups in total. The molecule has 3 aromatic carbocycles. The Morgan fingerprint density at radius 3 is 2.45 bits per heavy atom. The number of fused-ring (bicyclic) bond motifs is 5. The van der Waals surface area contributed by atoms with Gasteiger partial charge in [-0.15, -0.1) is 0 Å². The number of carbonyl (C=O) groups is 4. The average Bonchev–Trinajstić information content (AvgIpc) is 3.42. The number of halogens is 2. The number of likely N-dealkylation sites (tertiary alicyclic amines) is 1.